The van der Waals surface area contributed by atoms with Crippen molar-refractivity contribution in [1.82, 2.24) is 9.80 Å². The predicted octanol–water partition coefficient (Wildman–Crippen LogP) is 2.45. The highest BCUT2D eigenvalue weighted by molar-refractivity contribution is 4.81. The molecular formula is C14H28N2. The molecule has 1 atom stereocenters. The Balaban J connectivity index is 1.71. The van der Waals surface area contributed by atoms with Gasteiger partial charge in [0.05, 0.1) is 0 Å². The molecule has 2 rings (SSSR count). The van der Waals surface area contributed by atoms with Crippen molar-refractivity contribution in [2.24, 2.45) is 11.8 Å². The van der Waals surface area contributed by atoms with Crippen LogP contribution >= 0.6 is 0 Å². The minimum Gasteiger partial charge on any atom is -0.306 e. The van der Waals surface area contributed by atoms with Gasteiger partial charge in [0.2, 0.25) is 0 Å². The molecule has 0 aromatic carbocycles. The number of rotatable bonds is 3. The second kappa shape index (κ2) is 5.50. The summed E-state index contributed by atoms with van der Waals surface area (Å²) in [6, 6.07) is 0.752. The van der Waals surface area contributed by atoms with Gasteiger partial charge in [0, 0.05) is 12.6 Å². The Bertz CT molecular complexity index is 207. The van der Waals surface area contributed by atoms with Crippen molar-refractivity contribution in [3.05, 3.63) is 0 Å². The van der Waals surface area contributed by atoms with Crippen molar-refractivity contribution in [1.29, 1.82) is 0 Å². The van der Waals surface area contributed by atoms with E-state index in [1.165, 1.54) is 51.9 Å². The molecular weight excluding hydrogens is 196 g/mol. The third-order valence-electron chi connectivity index (χ3n) is 4.55. The second-order valence-electron chi connectivity index (χ2n) is 6.23. The summed E-state index contributed by atoms with van der Waals surface area (Å²) < 4.78 is 0. The minimum atomic E-state index is 0.752. The van der Waals surface area contributed by atoms with Crippen molar-refractivity contribution in [3.63, 3.8) is 0 Å². The Kier molecular flexibility index (Phi) is 4.26. The molecule has 2 heteroatoms. The van der Waals surface area contributed by atoms with Gasteiger partial charge in [0.15, 0.2) is 0 Å². The van der Waals surface area contributed by atoms with E-state index in [0.717, 1.165) is 17.9 Å². The normalized spacial score (nSPS) is 30.4. The minimum absolute atomic E-state index is 0.752. The number of hydrogen-bond acceptors (Lipinski definition) is 2. The lowest BCUT2D eigenvalue weighted by Gasteiger charge is -2.30. The molecule has 2 aliphatic heterocycles. The van der Waals surface area contributed by atoms with Gasteiger partial charge in [-0.15, -0.1) is 0 Å². The highest BCUT2D eigenvalue weighted by Gasteiger charge is 2.27. The largest absolute Gasteiger partial charge is 0.306 e. The zero-order chi connectivity index (χ0) is 11.5. The maximum absolute atomic E-state index is 2.65. The van der Waals surface area contributed by atoms with E-state index in [4.69, 9.17) is 0 Å². The summed E-state index contributed by atoms with van der Waals surface area (Å²) >= 11 is 0. The van der Waals surface area contributed by atoms with E-state index in [2.05, 4.69) is 30.7 Å². The van der Waals surface area contributed by atoms with Crippen molar-refractivity contribution in [3.8, 4) is 0 Å². The molecule has 2 nitrogen and oxygen atoms in total. The molecule has 2 saturated heterocycles. The average Bonchev–Trinajstić information content (AvgIpc) is 2.70. The number of hydrogen-bond donors (Lipinski definition) is 0. The molecule has 0 unspecified atom stereocenters. The zero-order valence-electron chi connectivity index (χ0n) is 11.3. The van der Waals surface area contributed by atoms with Crippen molar-refractivity contribution in [2.45, 2.75) is 45.6 Å². The van der Waals surface area contributed by atoms with Gasteiger partial charge >= 0.3 is 0 Å². The van der Waals surface area contributed by atoms with Crippen molar-refractivity contribution >= 4 is 0 Å². The molecule has 2 fully saturated rings. The van der Waals surface area contributed by atoms with Crippen LogP contribution < -0.4 is 0 Å². The quantitative estimate of drug-likeness (QED) is 0.726. The van der Waals surface area contributed by atoms with E-state index < -0.39 is 0 Å². The molecule has 0 spiro atoms. The van der Waals surface area contributed by atoms with Gasteiger partial charge in [-0.05, 0) is 78.0 Å². The van der Waals surface area contributed by atoms with Crippen LogP contribution in [-0.2, 0) is 0 Å². The van der Waals surface area contributed by atoms with Gasteiger partial charge in [0.1, 0.15) is 0 Å². The zero-order valence-corrected chi connectivity index (χ0v) is 11.3. The molecule has 0 aliphatic carbocycles. The lowest BCUT2D eigenvalue weighted by molar-refractivity contribution is 0.191. The van der Waals surface area contributed by atoms with Crippen LogP contribution in [-0.4, -0.2) is 49.1 Å². The molecule has 0 aromatic heterocycles. The van der Waals surface area contributed by atoms with Crippen LogP contribution in [0, 0.1) is 11.8 Å². The van der Waals surface area contributed by atoms with Crippen LogP contribution in [0.2, 0.25) is 0 Å². The molecule has 2 heterocycles. The molecule has 0 saturated carbocycles. The summed E-state index contributed by atoms with van der Waals surface area (Å²) in [5, 5.41) is 0. The first-order valence-electron chi connectivity index (χ1n) is 7.07. The van der Waals surface area contributed by atoms with Crippen molar-refractivity contribution < 1.29 is 0 Å². The number of likely N-dealkylation sites (tertiary alicyclic amines) is 2. The summed E-state index contributed by atoms with van der Waals surface area (Å²) in [7, 11) is 2.26. The highest BCUT2D eigenvalue weighted by Crippen LogP contribution is 2.29. The number of nitrogens with zero attached hydrogens (tertiary/aromatic N) is 2. The smallest absolute Gasteiger partial charge is 0.00387 e. The predicted molar refractivity (Wildman–Crippen MR) is 69.7 cm³/mol. The Labute approximate surface area is 101 Å². The van der Waals surface area contributed by atoms with Crippen LogP contribution in [0.4, 0.5) is 0 Å². The maximum atomic E-state index is 2.65. The van der Waals surface area contributed by atoms with E-state index in [1.807, 2.05) is 0 Å². The molecule has 94 valence electrons. The van der Waals surface area contributed by atoms with Crippen LogP contribution in [0.1, 0.15) is 39.5 Å². The standard InChI is InChI=1S/C14H28N2/c1-12(2)16-9-6-14(11-16)10-13-4-7-15(3)8-5-13/h12-14H,4-11H2,1-3H3/t14-/m0/s1. The molecule has 2 aliphatic rings. The molecule has 0 aromatic rings. The Morgan fingerprint density at radius 3 is 2.19 bits per heavy atom. The van der Waals surface area contributed by atoms with Gasteiger partial charge < -0.3 is 9.80 Å². The van der Waals surface area contributed by atoms with Crippen LogP contribution in [0.25, 0.3) is 0 Å². The first kappa shape index (κ1) is 12.4. The van der Waals surface area contributed by atoms with Gasteiger partial charge in [-0.3, -0.25) is 0 Å². The molecule has 0 N–H and O–H groups in total. The second-order valence-corrected chi connectivity index (χ2v) is 6.23. The lowest BCUT2D eigenvalue weighted by atomic mass is 9.87. The maximum Gasteiger partial charge on any atom is 0.00387 e. The van der Waals surface area contributed by atoms with Crippen LogP contribution in [0.5, 0.6) is 0 Å². The SMILES string of the molecule is CC(C)N1CC[C@@H](CC2CCN(C)CC2)C1. The summed E-state index contributed by atoms with van der Waals surface area (Å²) in [5.41, 5.74) is 0. The van der Waals surface area contributed by atoms with Gasteiger partial charge in [-0.1, -0.05) is 0 Å². The van der Waals surface area contributed by atoms with Crippen LogP contribution in [0.15, 0.2) is 0 Å². The Hall–Kier alpha value is -0.0800. The van der Waals surface area contributed by atoms with E-state index in [9.17, 15) is 0 Å². The van der Waals surface area contributed by atoms with Gasteiger partial charge in [-0.2, -0.15) is 0 Å². The summed E-state index contributed by atoms with van der Waals surface area (Å²) in [6.45, 7) is 10.0. The Morgan fingerprint density at radius 1 is 1.00 bits per heavy atom. The summed E-state index contributed by atoms with van der Waals surface area (Å²) in [5.74, 6) is 2.02. The first-order chi connectivity index (χ1) is 7.65. The van der Waals surface area contributed by atoms with Gasteiger partial charge in [0.25, 0.3) is 0 Å². The molecule has 16 heavy (non-hydrogen) atoms. The van der Waals surface area contributed by atoms with E-state index >= 15 is 0 Å². The fraction of sp³-hybridized carbons (Fsp3) is 1.00. The molecule has 0 bridgehead atoms. The third-order valence-corrected chi connectivity index (χ3v) is 4.55. The molecule has 0 amide bonds. The average molecular weight is 224 g/mol. The Morgan fingerprint density at radius 2 is 1.62 bits per heavy atom. The van der Waals surface area contributed by atoms with E-state index in [-0.39, 0.29) is 0 Å². The van der Waals surface area contributed by atoms with Gasteiger partial charge in [-0.25, -0.2) is 0 Å². The monoisotopic (exact) mass is 224 g/mol. The highest BCUT2D eigenvalue weighted by atomic mass is 15.2. The third kappa shape index (κ3) is 3.21. The fourth-order valence-corrected chi connectivity index (χ4v) is 3.29. The summed E-state index contributed by atoms with van der Waals surface area (Å²) in [6.07, 6.45) is 5.82. The van der Waals surface area contributed by atoms with Crippen LogP contribution in [0.3, 0.4) is 0 Å². The topological polar surface area (TPSA) is 6.48 Å². The number of piperidine rings is 1. The lowest BCUT2D eigenvalue weighted by Crippen LogP contribution is -2.32. The van der Waals surface area contributed by atoms with E-state index in [1.54, 1.807) is 0 Å². The van der Waals surface area contributed by atoms with E-state index in [0.29, 0.717) is 0 Å². The van der Waals surface area contributed by atoms with Crippen molar-refractivity contribution in [2.75, 3.05) is 33.2 Å². The molecule has 0 radical (unpaired) electrons. The first-order valence-corrected chi connectivity index (χ1v) is 7.07. The summed E-state index contributed by atoms with van der Waals surface area (Å²) in [4.78, 5) is 5.13. The fourth-order valence-electron chi connectivity index (χ4n) is 3.29.